The molecule has 0 aliphatic carbocycles. The molecule has 0 fully saturated rings. The normalized spacial score (nSPS) is 17.7. The summed E-state index contributed by atoms with van der Waals surface area (Å²) in [6.45, 7) is 2.28. The smallest absolute Gasteiger partial charge is 0.343 e. The van der Waals surface area contributed by atoms with E-state index in [0.29, 0.717) is 19.4 Å². The molecule has 0 saturated carbocycles. The number of amides is 1. The lowest BCUT2D eigenvalue weighted by atomic mass is 9.98. The molecule has 7 nitrogen and oxygen atoms in total. The number of fused-ring (bicyclic) bond motifs is 2. The topological polar surface area (TPSA) is 83.0 Å². The first-order valence-electron chi connectivity index (χ1n) is 10.0. The van der Waals surface area contributed by atoms with Gasteiger partial charge in [-0.1, -0.05) is 30.3 Å². The molecule has 5 rings (SSSR count). The second-order valence-electron chi connectivity index (χ2n) is 7.78. The van der Waals surface area contributed by atoms with Gasteiger partial charge in [0, 0.05) is 37.4 Å². The van der Waals surface area contributed by atoms with Crippen LogP contribution in [-0.4, -0.2) is 27.2 Å². The van der Waals surface area contributed by atoms with Crippen molar-refractivity contribution >= 4 is 17.3 Å². The number of rotatable bonds is 4. The van der Waals surface area contributed by atoms with Crippen LogP contribution in [0.5, 0.6) is 0 Å². The van der Waals surface area contributed by atoms with Crippen molar-refractivity contribution in [1.29, 1.82) is 0 Å². The number of nitrogens with zero attached hydrogens (tertiary/aromatic N) is 3. The Morgan fingerprint density at radius 1 is 1.14 bits per heavy atom. The van der Waals surface area contributed by atoms with Crippen molar-refractivity contribution in [3.63, 3.8) is 0 Å². The molecule has 2 aliphatic rings. The Morgan fingerprint density at radius 3 is 2.83 bits per heavy atom. The van der Waals surface area contributed by atoms with Gasteiger partial charge in [-0.05, 0) is 42.2 Å². The summed E-state index contributed by atoms with van der Waals surface area (Å²) in [6.07, 6.45) is 2.42. The number of hydrogen-bond donors (Lipinski definition) is 2. The minimum absolute atomic E-state index is 0.0510. The van der Waals surface area contributed by atoms with Gasteiger partial charge < -0.3 is 10.2 Å². The van der Waals surface area contributed by atoms with E-state index < -0.39 is 0 Å². The van der Waals surface area contributed by atoms with Crippen molar-refractivity contribution < 1.29 is 4.79 Å². The monoisotopic (exact) mass is 389 g/mol. The van der Waals surface area contributed by atoms with Crippen molar-refractivity contribution in [1.82, 2.24) is 14.8 Å². The number of nitrogens with one attached hydrogen (secondary N) is 2. The zero-order chi connectivity index (χ0) is 19.8. The molecule has 1 atom stereocenters. The Bertz CT molecular complexity index is 1100. The molecular formula is C22H23N5O2. The largest absolute Gasteiger partial charge is 0.367 e. The highest BCUT2D eigenvalue weighted by molar-refractivity contribution is 5.92. The molecule has 148 valence electrons. The van der Waals surface area contributed by atoms with Crippen molar-refractivity contribution in [3.8, 4) is 0 Å². The maximum Gasteiger partial charge on any atom is 0.343 e. The molecule has 0 radical (unpaired) electrons. The standard InChI is InChI=1S/C22H23N5O2/c28-21(17-7-10-20-24-25-22(29)27(20)14-17)23-18-8-5-15(6-9-18)13-26-12-11-16-3-1-2-4-19(16)26/h1-6,8-9,17H,7,10-14H2,(H,23,28)(H,25,29). The van der Waals surface area contributed by atoms with E-state index in [0.717, 1.165) is 31.0 Å². The van der Waals surface area contributed by atoms with E-state index in [1.165, 1.54) is 16.8 Å². The van der Waals surface area contributed by atoms with E-state index in [9.17, 15) is 9.59 Å². The number of aromatic amines is 1. The summed E-state index contributed by atoms with van der Waals surface area (Å²) in [5, 5.41) is 9.43. The summed E-state index contributed by atoms with van der Waals surface area (Å²) in [4.78, 5) is 26.8. The van der Waals surface area contributed by atoms with Gasteiger partial charge in [-0.25, -0.2) is 9.89 Å². The zero-order valence-corrected chi connectivity index (χ0v) is 16.1. The van der Waals surface area contributed by atoms with E-state index >= 15 is 0 Å². The molecule has 2 aromatic carbocycles. The fourth-order valence-electron chi connectivity index (χ4n) is 4.29. The predicted molar refractivity (Wildman–Crippen MR) is 111 cm³/mol. The Labute approximate surface area is 168 Å². The summed E-state index contributed by atoms with van der Waals surface area (Å²) < 4.78 is 1.56. The van der Waals surface area contributed by atoms with Crippen molar-refractivity contribution in [2.75, 3.05) is 16.8 Å². The Balaban J connectivity index is 1.22. The maximum atomic E-state index is 12.6. The number of aromatic nitrogens is 3. The van der Waals surface area contributed by atoms with Gasteiger partial charge >= 0.3 is 5.69 Å². The second kappa shape index (κ2) is 7.24. The Hall–Kier alpha value is -3.35. The van der Waals surface area contributed by atoms with Crippen LogP contribution in [0.15, 0.2) is 53.3 Å². The third-order valence-electron chi connectivity index (χ3n) is 5.91. The molecule has 29 heavy (non-hydrogen) atoms. The third-order valence-corrected chi connectivity index (χ3v) is 5.91. The molecule has 7 heteroatoms. The van der Waals surface area contributed by atoms with Gasteiger partial charge in [0.15, 0.2) is 0 Å². The Kier molecular flexibility index (Phi) is 4.42. The van der Waals surface area contributed by atoms with Crippen LogP contribution in [0, 0.1) is 5.92 Å². The van der Waals surface area contributed by atoms with Crippen LogP contribution >= 0.6 is 0 Å². The van der Waals surface area contributed by atoms with Crippen LogP contribution in [-0.2, 0) is 30.7 Å². The SMILES string of the molecule is O=C(Nc1ccc(CN2CCc3ccccc32)cc1)C1CCc2n[nH]c(=O)n2C1. The average molecular weight is 389 g/mol. The maximum absolute atomic E-state index is 12.6. The first-order chi connectivity index (χ1) is 14.2. The molecule has 2 N–H and O–H groups in total. The van der Waals surface area contributed by atoms with Gasteiger partial charge in [0.05, 0.1) is 5.92 Å². The predicted octanol–water partition coefficient (Wildman–Crippen LogP) is 2.34. The van der Waals surface area contributed by atoms with Crippen molar-refractivity contribution in [2.45, 2.75) is 32.4 Å². The van der Waals surface area contributed by atoms with Gasteiger partial charge in [-0.15, -0.1) is 0 Å². The lowest BCUT2D eigenvalue weighted by Gasteiger charge is -2.22. The molecule has 0 bridgehead atoms. The summed E-state index contributed by atoms with van der Waals surface area (Å²) in [6, 6.07) is 16.6. The number of carbonyl (C=O) groups excluding carboxylic acids is 1. The molecule has 1 amide bonds. The average Bonchev–Trinajstić information content (AvgIpc) is 3.33. The van der Waals surface area contributed by atoms with Crippen molar-refractivity contribution in [3.05, 3.63) is 76.0 Å². The third kappa shape index (κ3) is 3.44. The molecule has 2 aliphatic heterocycles. The number of aryl methyl sites for hydroxylation is 1. The molecule has 3 heterocycles. The zero-order valence-electron chi connectivity index (χ0n) is 16.1. The van der Waals surface area contributed by atoms with Gasteiger partial charge in [-0.2, -0.15) is 5.10 Å². The highest BCUT2D eigenvalue weighted by atomic mass is 16.2. The fourth-order valence-corrected chi connectivity index (χ4v) is 4.29. The number of hydrogen-bond acceptors (Lipinski definition) is 4. The van der Waals surface area contributed by atoms with Crippen LogP contribution in [0.2, 0.25) is 0 Å². The molecular weight excluding hydrogens is 366 g/mol. The number of H-pyrrole nitrogens is 1. The minimum Gasteiger partial charge on any atom is -0.367 e. The van der Waals surface area contributed by atoms with Crippen LogP contribution in [0.4, 0.5) is 11.4 Å². The van der Waals surface area contributed by atoms with E-state index in [2.05, 4.69) is 56.8 Å². The van der Waals surface area contributed by atoms with Crippen LogP contribution in [0.3, 0.4) is 0 Å². The highest BCUT2D eigenvalue weighted by Gasteiger charge is 2.27. The summed E-state index contributed by atoms with van der Waals surface area (Å²) in [5.74, 6) is 0.454. The lowest BCUT2D eigenvalue weighted by molar-refractivity contribution is -0.120. The number of para-hydroxylation sites is 1. The van der Waals surface area contributed by atoms with Crippen LogP contribution in [0.1, 0.15) is 23.4 Å². The molecule has 3 aromatic rings. The quantitative estimate of drug-likeness (QED) is 0.718. The molecule has 1 unspecified atom stereocenters. The van der Waals surface area contributed by atoms with Crippen LogP contribution in [0.25, 0.3) is 0 Å². The van der Waals surface area contributed by atoms with Gasteiger partial charge in [0.25, 0.3) is 0 Å². The van der Waals surface area contributed by atoms with Crippen LogP contribution < -0.4 is 15.9 Å². The molecule has 0 saturated heterocycles. The van der Waals surface area contributed by atoms with Gasteiger partial charge in [-0.3, -0.25) is 9.36 Å². The first kappa shape index (κ1) is 17.7. The number of anilines is 2. The Morgan fingerprint density at radius 2 is 1.97 bits per heavy atom. The van der Waals surface area contributed by atoms with E-state index in [4.69, 9.17) is 0 Å². The van der Waals surface area contributed by atoms with Gasteiger partial charge in [0.1, 0.15) is 5.82 Å². The van der Waals surface area contributed by atoms with E-state index in [1.54, 1.807) is 4.57 Å². The van der Waals surface area contributed by atoms with E-state index in [1.807, 2.05) is 12.1 Å². The second-order valence-corrected chi connectivity index (χ2v) is 7.78. The van der Waals surface area contributed by atoms with Crippen molar-refractivity contribution in [2.24, 2.45) is 5.92 Å². The number of carbonyl (C=O) groups is 1. The summed E-state index contributed by atoms with van der Waals surface area (Å²) in [7, 11) is 0. The fraction of sp³-hybridized carbons (Fsp3) is 0.318. The molecule has 1 aromatic heterocycles. The lowest BCUT2D eigenvalue weighted by Crippen LogP contribution is -2.34. The summed E-state index contributed by atoms with van der Waals surface area (Å²) >= 11 is 0. The summed E-state index contributed by atoms with van der Waals surface area (Å²) in [5.41, 5.74) is 4.47. The van der Waals surface area contributed by atoms with E-state index in [-0.39, 0.29) is 17.5 Å². The first-order valence-corrected chi connectivity index (χ1v) is 10.0. The molecule has 0 spiro atoms. The minimum atomic E-state index is -0.245. The highest BCUT2D eigenvalue weighted by Crippen LogP contribution is 2.29. The number of benzene rings is 2. The van der Waals surface area contributed by atoms with Gasteiger partial charge in [0.2, 0.25) is 5.91 Å².